The fourth-order valence-corrected chi connectivity index (χ4v) is 2.77. The van der Waals surface area contributed by atoms with Gasteiger partial charge in [-0.05, 0) is 61.4 Å². The Bertz CT molecular complexity index is 848. The molecule has 0 aliphatic carbocycles. The monoisotopic (exact) mass is 425 g/mol. The van der Waals surface area contributed by atoms with Crippen LogP contribution < -0.4 is 20.9 Å². The van der Waals surface area contributed by atoms with Crippen LogP contribution in [-0.2, 0) is 4.79 Å². The second-order valence-corrected chi connectivity index (χ2v) is 7.22. The molecule has 0 aliphatic heterocycles. The summed E-state index contributed by atoms with van der Waals surface area (Å²) in [6.07, 6.45) is 5.51. The molecule has 0 aromatic heterocycles. The molecule has 2 aromatic carbocycles. The predicted molar refractivity (Wildman–Crippen MR) is 121 cm³/mol. The van der Waals surface area contributed by atoms with Crippen molar-refractivity contribution < 1.29 is 19.1 Å². The van der Waals surface area contributed by atoms with Crippen molar-refractivity contribution >= 4 is 23.4 Å². The minimum atomic E-state index is -0.451. The van der Waals surface area contributed by atoms with Crippen LogP contribution in [0.5, 0.6) is 5.75 Å². The number of nitrogens with one attached hydrogen (secondary N) is 3. The maximum Gasteiger partial charge on any atom is 0.269 e. The normalized spacial score (nSPS) is 10.3. The summed E-state index contributed by atoms with van der Waals surface area (Å²) in [4.78, 5) is 36.2. The van der Waals surface area contributed by atoms with Gasteiger partial charge in [0.25, 0.3) is 11.8 Å². The van der Waals surface area contributed by atoms with Crippen LogP contribution in [0.15, 0.2) is 48.5 Å². The molecule has 0 fully saturated rings. The van der Waals surface area contributed by atoms with E-state index in [-0.39, 0.29) is 5.91 Å². The molecule has 0 spiro atoms. The minimum Gasteiger partial charge on any atom is -0.494 e. The number of benzene rings is 2. The Labute approximate surface area is 183 Å². The average Bonchev–Trinajstić information content (AvgIpc) is 2.79. The Kier molecular flexibility index (Phi) is 10.1. The van der Waals surface area contributed by atoms with Crippen LogP contribution in [0.3, 0.4) is 0 Å². The zero-order valence-corrected chi connectivity index (χ0v) is 18.2. The minimum absolute atomic E-state index is 0.0521. The summed E-state index contributed by atoms with van der Waals surface area (Å²) in [5.41, 5.74) is 6.18. The van der Waals surface area contributed by atoms with E-state index in [0.29, 0.717) is 35.6 Å². The lowest BCUT2D eigenvalue weighted by atomic mass is 10.2. The quantitative estimate of drug-likeness (QED) is 0.366. The Hall–Kier alpha value is -3.35. The molecule has 2 aromatic rings. The zero-order valence-electron chi connectivity index (χ0n) is 18.2. The Morgan fingerprint density at radius 3 is 1.84 bits per heavy atom. The van der Waals surface area contributed by atoms with E-state index >= 15 is 0 Å². The van der Waals surface area contributed by atoms with Crippen molar-refractivity contribution in [2.75, 3.05) is 11.9 Å². The molecule has 0 radical (unpaired) electrons. The smallest absolute Gasteiger partial charge is 0.269 e. The van der Waals surface area contributed by atoms with Crippen LogP contribution >= 0.6 is 0 Å². The second-order valence-electron chi connectivity index (χ2n) is 7.22. The molecule has 0 saturated carbocycles. The van der Waals surface area contributed by atoms with Crippen LogP contribution in [0.4, 0.5) is 5.69 Å². The third-order valence-electron chi connectivity index (χ3n) is 4.61. The fraction of sp³-hybridized carbons (Fsp3) is 0.375. The molecule has 166 valence electrons. The lowest BCUT2D eigenvalue weighted by molar-refractivity contribution is -0.116. The Morgan fingerprint density at radius 2 is 1.29 bits per heavy atom. The molecule has 31 heavy (non-hydrogen) atoms. The van der Waals surface area contributed by atoms with Crippen molar-refractivity contribution in [1.82, 2.24) is 10.9 Å². The number of hydrogen-bond acceptors (Lipinski definition) is 4. The summed E-state index contributed by atoms with van der Waals surface area (Å²) in [7, 11) is 0. The highest BCUT2D eigenvalue weighted by Crippen LogP contribution is 2.13. The fourth-order valence-electron chi connectivity index (χ4n) is 2.77. The highest BCUT2D eigenvalue weighted by Gasteiger charge is 2.10. The van der Waals surface area contributed by atoms with E-state index in [9.17, 15) is 14.4 Å². The maximum absolute atomic E-state index is 12.2. The molecule has 0 bridgehead atoms. The van der Waals surface area contributed by atoms with Crippen molar-refractivity contribution in [3.63, 3.8) is 0 Å². The molecule has 3 amide bonds. The third-order valence-corrected chi connectivity index (χ3v) is 4.61. The molecule has 0 aliphatic rings. The highest BCUT2D eigenvalue weighted by molar-refractivity contribution is 5.99. The number of carbonyl (C=O) groups excluding carboxylic acids is 3. The van der Waals surface area contributed by atoms with Crippen molar-refractivity contribution in [2.45, 2.75) is 52.4 Å². The van der Waals surface area contributed by atoms with Gasteiger partial charge in [-0.25, -0.2) is 0 Å². The number of carbonyl (C=O) groups is 3. The van der Waals surface area contributed by atoms with Crippen LogP contribution in [0.1, 0.15) is 73.1 Å². The van der Waals surface area contributed by atoms with Gasteiger partial charge < -0.3 is 10.1 Å². The average molecular weight is 426 g/mol. The molecule has 7 heteroatoms. The van der Waals surface area contributed by atoms with E-state index in [0.717, 1.165) is 32.1 Å². The number of rotatable bonds is 11. The first-order valence-corrected chi connectivity index (χ1v) is 10.8. The molecular weight excluding hydrogens is 394 g/mol. The number of hydrogen-bond donors (Lipinski definition) is 3. The van der Waals surface area contributed by atoms with Crippen molar-refractivity contribution in [3.8, 4) is 5.75 Å². The number of ether oxygens (including phenoxy) is 1. The van der Waals surface area contributed by atoms with Crippen LogP contribution in [0.2, 0.25) is 0 Å². The van der Waals surface area contributed by atoms with Crippen LogP contribution in [-0.4, -0.2) is 24.3 Å². The topological polar surface area (TPSA) is 96.5 Å². The summed E-state index contributed by atoms with van der Waals surface area (Å²) < 4.78 is 5.62. The van der Waals surface area contributed by atoms with Gasteiger partial charge in [0.2, 0.25) is 5.91 Å². The lowest BCUT2D eigenvalue weighted by Crippen LogP contribution is -2.41. The van der Waals surface area contributed by atoms with Gasteiger partial charge in [0.15, 0.2) is 0 Å². The van der Waals surface area contributed by atoms with E-state index in [2.05, 4.69) is 23.1 Å². The third kappa shape index (κ3) is 8.50. The lowest BCUT2D eigenvalue weighted by Gasteiger charge is -2.10. The van der Waals surface area contributed by atoms with Gasteiger partial charge in [-0.3, -0.25) is 25.2 Å². The molecule has 7 nitrogen and oxygen atoms in total. The van der Waals surface area contributed by atoms with E-state index in [1.165, 1.54) is 0 Å². The summed E-state index contributed by atoms with van der Waals surface area (Å²) in [5.74, 6) is -0.221. The summed E-state index contributed by atoms with van der Waals surface area (Å²) in [6, 6.07) is 13.2. The van der Waals surface area contributed by atoms with Gasteiger partial charge in [-0.2, -0.15) is 0 Å². The van der Waals surface area contributed by atoms with E-state index < -0.39 is 11.8 Å². The Balaban J connectivity index is 1.79. The molecule has 2 rings (SSSR count). The summed E-state index contributed by atoms with van der Waals surface area (Å²) >= 11 is 0. The summed E-state index contributed by atoms with van der Waals surface area (Å²) in [5, 5.41) is 2.79. The predicted octanol–water partition coefficient (Wildman–Crippen LogP) is 4.46. The van der Waals surface area contributed by atoms with Crippen molar-refractivity contribution in [2.24, 2.45) is 0 Å². The first kappa shape index (κ1) is 23.9. The van der Waals surface area contributed by atoms with Crippen LogP contribution in [0, 0.1) is 0 Å². The molecular formula is C24H31N3O4. The van der Waals surface area contributed by atoms with Gasteiger partial charge in [0, 0.05) is 23.2 Å². The highest BCUT2D eigenvalue weighted by atomic mass is 16.5. The van der Waals surface area contributed by atoms with Crippen LogP contribution in [0.25, 0.3) is 0 Å². The van der Waals surface area contributed by atoms with E-state index in [4.69, 9.17) is 4.74 Å². The molecule has 0 atom stereocenters. The zero-order chi connectivity index (χ0) is 22.5. The van der Waals surface area contributed by atoms with Crippen molar-refractivity contribution in [1.29, 1.82) is 0 Å². The largest absolute Gasteiger partial charge is 0.494 e. The maximum atomic E-state index is 12.2. The number of anilines is 1. The van der Waals surface area contributed by atoms with Gasteiger partial charge in [-0.1, -0.05) is 33.1 Å². The standard InChI is InChI=1S/C24H31N3O4/c1-3-5-7-17-31-21-15-11-19(12-16-21)24(30)27-26-23(29)18-9-13-20(14-10-18)25-22(28)8-6-4-2/h9-16H,3-8,17H2,1-2H3,(H,25,28)(H,26,29)(H,27,30). The van der Waals surface area contributed by atoms with E-state index in [1.54, 1.807) is 48.5 Å². The first-order chi connectivity index (χ1) is 15.0. The molecule has 0 unspecified atom stereocenters. The molecule has 3 N–H and O–H groups in total. The number of hydrazine groups is 1. The number of amides is 3. The number of unbranched alkanes of at least 4 members (excludes halogenated alkanes) is 3. The van der Waals surface area contributed by atoms with Gasteiger partial charge in [0.1, 0.15) is 5.75 Å². The summed E-state index contributed by atoms with van der Waals surface area (Å²) in [6.45, 7) is 4.81. The SMILES string of the molecule is CCCCCOc1ccc(C(=O)NNC(=O)c2ccc(NC(=O)CCCC)cc2)cc1. The van der Waals surface area contributed by atoms with Gasteiger partial charge >= 0.3 is 0 Å². The van der Waals surface area contributed by atoms with Gasteiger partial charge in [-0.15, -0.1) is 0 Å². The molecule has 0 heterocycles. The first-order valence-electron chi connectivity index (χ1n) is 10.8. The second kappa shape index (κ2) is 13.1. The molecule has 0 saturated heterocycles. The van der Waals surface area contributed by atoms with Crippen molar-refractivity contribution in [3.05, 3.63) is 59.7 Å². The van der Waals surface area contributed by atoms with E-state index in [1.807, 2.05) is 6.92 Å². The Morgan fingerprint density at radius 1 is 0.742 bits per heavy atom. The van der Waals surface area contributed by atoms with Gasteiger partial charge in [0.05, 0.1) is 6.61 Å².